The molecule has 1 aliphatic heterocycles. The summed E-state index contributed by atoms with van der Waals surface area (Å²) in [5.74, 6) is 1.68. The molecule has 0 fully saturated rings. The van der Waals surface area contributed by atoms with E-state index in [-0.39, 0.29) is 17.6 Å². The van der Waals surface area contributed by atoms with E-state index in [0.717, 1.165) is 6.42 Å². The highest BCUT2D eigenvalue weighted by Gasteiger charge is 2.31. The van der Waals surface area contributed by atoms with Crippen molar-refractivity contribution in [2.24, 2.45) is 15.9 Å². The molecule has 5 nitrogen and oxygen atoms in total. The van der Waals surface area contributed by atoms with Crippen molar-refractivity contribution in [2.75, 3.05) is 14.2 Å². The number of fused-ring (bicyclic) bond motifs is 1. The molecule has 0 amide bonds. The van der Waals surface area contributed by atoms with E-state index in [2.05, 4.69) is 69.6 Å². The first kappa shape index (κ1) is 19.5. The van der Waals surface area contributed by atoms with Gasteiger partial charge in [-0.3, -0.25) is 0 Å². The number of aromatic nitrogens is 1. The van der Waals surface area contributed by atoms with Gasteiger partial charge in [0.25, 0.3) is 0 Å². The Morgan fingerprint density at radius 3 is 2.33 bits per heavy atom. The third-order valence-corrected chi connectivity index (χ3v) is 5.10. The predicted octanol–water partition coefficient (Wildman–Crippen LogP) is 4.44. The number of rotatable bonds is 3. The van der Waals surface area contributed by atoms with Gasteiger partial charge in [-0.25, -0.2) is 9.98 Å². The molecule has 2 atom stereocenters. The van der Waals surface area contributed by atoms with Crippen LogP contribution in [0.25, 0.3) is 10.9 Å². The van der Waals surface area contributed by atoms with E-state index in [9.17, 15) is 0 Å². The smallest absolute Gasteiger partial charge is 0.209 e. The molecule has 1 aliphatic rings. The van der Waals surface area contributed by atoms with E-state index in [1.807, 2.05) is 0 Å². The van der Waals surface area contributed by atoms with Gasteiger partial charge in [0.1, 0.15) is 12.1 Å². The van der Waals surface area contributed by atoms with Crippen molar-refractivity contribution < 1.29 is 9.47 Å². The van der Waals surface area contributed by atoms with Crippen LogP contribution in [0.3, 0.4) is 0 Å². The van der Waals surface area contributed by atoms with Crippen LogP contribution in [-0.2, 0) is 21.4 Å². The van der Waals surface area contributed by atoms with Crippen LogP contribution in [0, 0.1) is 5.92 Å². The molecule has 0 N–H and O–H groups in total. The Morgan fingerprint density at radius 2 is 1.74 bits per heavy atom. The molecular weight excluding hydrogens is 338 g/mol. The van der Waals surface area contributed by atoms with Gasteiger partial charge >= 0.3 is 0 Å². The van der Waals surface area contributed by atoms with Crippen LogP contribution in [0.2, 0.25) is 0 Å². The summed E-state index contributed by atoms with van der Waals surface area (Å²) in [6.45, 7) is 10.9. The Morgan fingerprint density at radius 1 is 1.04 bits per heavy atom. The molecule has 1 aromatic heterocycles. The van der Waals surface area contributed by atoms with E-state index in [0.29, 0.717) is 17.7 Å². The van der Waals surface area contributed by atoms with Gasteiger partial charge in [-0.05, 0) is 44.4 Å². The fourth-order valence-corrected chi connectivity index (χ4v) is 3.70. The Kier molecular flexibility index (Phi) is 5.31. The number of hydrogen-bond acceptors (Lipinski definition) is 4. The molecule has 5 heteroatoms. The molecule has 0 spiro atoms. The topological polar surface area (TPSA) is 48.1 Å². The van der Waals surface area contributed by atoms with Crippen molar-refractivity contribution in [2.45, 2.75) is 58.7 Å². The molecule has 146 valence electrons. The van der Waals surface area contributed by atoms with Crippen LogP contribution in [0.4, 0.5) is 0 Å². The second kappa shape index (κ2) is 7.37. The first-order valence-corrected chi connectivity index (χ1v) is 9.59. The second-order valence-electron chi connectivity index (χ2n) is 8.46. The lowest BCUT2D eigenvalue weighted by atomic mass is 9.98. The maximum Gasteiger partial charge on any atom is 0.209 e. The Hall–Kier alpha value is -2.30. The molecule has 0 saturated carbocycles. The molecular formula is C22H31N3O2. The first-order chi connectivity index (χ1) is 12.8. The number of ether oxygens (including phenoxy) is 2. The largest absolute Gasteiger partial charge is 0.483 e. The zero-order valence-electron chi connectivity index (χ0n) is 17.5. The van der Waals surface area contributed by atoms with Gasteiger partial charge in [0, 0.05) is 29.1 Å². The van der Waals surface area contributed by atoms with Gasteiger partial charge in [-0.1, -0.05) is 26.0 Å². The van der Waals surface area contributed by atoms with Crippen molar-refractivity contribution in [1.82, 2.24) is 4.57 Å². The monoisotopic (exact) mass is 369 g/mol. The molecule has 2 aromatic rings. The summed E-state index contributed by atoms with van der Waals surface area (Å²) in [6.07, 6.45) is 2.90. The molecule has 2 heterocycles. The maximum atomic E-state index is 5.60. The van der Waals surface area contributed by atoms with Crippen LogP contribution in [0.5, 0.6) is 0 Å². The summed E-state index contributed by atoms with van der Waals surface area (Å²) < 4.78 is 13.5. The van der Waals surface area contributed by atoms with Crippen LogP contribution < -0.4 is 0 Å². The Bertz CT molecular complexity index is 871. The van der Waals surface area contributed by atoms with Gasteiger partial charge in [0.2, 0.25) is 11.8 Å². The lowest BCUT2D eigenvalue weighted by molar-refractivity contribution is 0.333. The third kappa shape index (κ3) is 3.73. The minimum absolute atomic E-state index is 0.0379. The highest BCUT2D eigenvalue weighted by Crippen LogP contribution is 2.28. The standard InChI is InChI=1S/C22H31N3O2/c1-14(2)19-21(27-7)23-17(20(24-19)26-6)13-15-9-8-10-18-16(15)11-12-25(18)22(3,4)5/h8-12,14,17,19H,13H2,1-7H3/t17-,19+/m0/s1. The van der Waals surface area contributed by atoms with E-state index in [4.69, 9.17) is 19.5 Å². The minimum atomic E-state index is -0.163. The molecule has 27 heavy (non-hydrogen) atoms. The van der Waals surface area contributed by atoms with Crippen molar-refractivity contribution >= 4 is 22.7 Å². The molecule has 3 rings (SSSR count). The molecule has 0 unspecified atom stereocenters. The fraction of sp³-hybridized carbons (Fsp3) is 0.545. The third-order valence-electron chi connectivity index (χ3n) is 5.10. The van der Waals surface area contributed by atoms with Gasteiger partial charge in [0.05, 0.1) is 14.2 Å². The maximum absolute atomic E-state index is 5.60. The molecule has 1 aromatic carbocycles. The van der Waals surface area contributed by atoms with Gasteiger partial charge in [-0.2, -0.15) is 0 Å². The molecule has 0 saturated heterocycles. The quantitative estimate of drug-likeness (QED) is 0.803. The summed E-state index contributed by atoms with van der Waals surface area (Å²) in [6, 6.07) is 8.40. The SMILES string of the molecule is COC1=N[C@H](C(C)C)C(OC)=N[C@H]1Cc1cccc2c1ccn2C(C)(C)C. The summed E-state index contributed by atoms with van der Waals surface area (Å²) in [5.41, 5.74) is 2.52. The van der Waals surface area contributed by atoms with Gasteiger partial charge < -0.3 is 14.0 Å². The van der Waals surface area contributed by atoms with E-state index in [1.165, 1.54) is 16.5 Å². The van der Waals surface area contributed by atoms with Crippen molar-refractivity contribution in [1.29, 1.82) is 0 Å². The Labute approximate surface area is 162 Å². The number of aliphatic imine (C=N–C) groups is 2. The second-order valence-corrected chi connectivity index (χ2v) is 8.46. The van der Waals surface area contributed by atoms with Gasteiger partial charge in [-0.15, -0.1) is 0 Å². The highest BCUT2D eigenvalue weighted by molar-refractivity contribution is 5.94. The van der Waals surface area contributed by atoms with Gasteiger partial charge in [0.15, 0.2) is 0 Å². The molecule has 0 bridgehead atoms. The number of benzene rings is 1. The minimum Gasteiger partial charge on any atom is -0.483 e. The normalized spacial score (nSPS) is 20.6. The van der Waals surface area contributed by atoms with Crippen LogP contribution in [0.1, 0.15) is 40.2 Å². The van der Waals surface area contributed by atoms with Crippen LogP contribution >= 0.6 is 0 Å². The fourth-order valence-electron chi connectivity index (χ4n) is 3.70. The van der Waals surface area contributed by atoms with Crippen LogP contribution in [-0.4, -0.2) is 42.7 Å². The lowest BCUT2D eigenvalue weighted by Gasteiger charge is -2.27. The Balaban J connectivity index is 1.98. The average molecular weight is 370 g/mol. The zero-order chi connectivity index (χ0) is 19.8. The molecule has 0 aliphatic carbocycles. The number of methoxy groups -OCH3 is 2. The van der Waals surface area contributed by atoms with Crippen LogP contribution in [0.15, 0.2) is 40.4 Å². The highest BCUT2D eigenvalue weighted by atomic mass is 16.5. The number of hydrogen-bond donors (Lipinski definition) is 0. The summed E-state index contributed by atoms with van der Waals surface area (Å²) in [7, 11) is 3.34. The average Bonchev–Trinajstić information content (AvgIpc) is 3.06. The predicted molar refractivity (Wildman–Crippen MR) is 112 cm³/mol. The lowest BCUT2D eigenvalue weighted by Crippen LogP contribution is -2.38. The number of nitrogens with zero attached hydrogens (tertiary/aromatic N) is 3. The zero-order valence-corrected chi connectivity index (χ0v) is 17.5. The van der Waals surface area contributed by atoms with Crippen molar-refractivity contribution in [3.63, 3.8) is 0 Å². The van der Waals surface area contributed by atoms with E-state index >= 15 is 0 Å². The summed E-state index contributed by atoms with van der Waals surface area (Å²) in [4.78, 5) is 9.63. The summed E-state index contributed by atoms with van der Waals surface area (Å²) >= 11 is 0. The van der Waals surface area contributed by atoms with Crippen molar-refractivity contribution in [3.05, 3.63) is 36.0 Å². The van der Waals surface area contributed by atoms with Crippen molar-refractivity contribution in [3.8, 4) is 0 Å². The van der Waals surface area contributed by atoms with E-state index < -0.39 is 0 Å². The first-order valence-electron chi connectivity index (χ1n) is 9.59. The van der Waals surface area contributed by atoms with E-state index in [1.54, 1.807) is 14.2 Å². The molecule has 0 radical (unpaired) electrons. The summed E-state index contributed by atoms with van der Waals surface area (Å²) in [5, 5.41) is 1.25.